The quantitative estimate of drug-likeness (QED) is 0.585. The topological polar surface area (TPSA) is 44.1 Å². The maximum atomic E-state index is 13.9. The summed E-state index contributed by atoms with van der Waals surface area (Å²) in [6.45, 7) is 0.878. The second-order valence-electron chi connectivity index (χ2n) is 4.83. The molecule has 0 N–H and O–H groups in total. The van der Waals surface area contributed by atoms with Crippen LogP contribution in [0.4, 0.5) is 35.1 Å². The molecule has 0 aliphatic rings. The average Bonchev–Trinajstić information content (AvgIpc) is 2.90. The van der Waals surface area contributed by atoms with Gasteiger partial charge in [0.25, 0.3) is 0 Å². The van der Waals surface area contributed by atoms with E-state index in [0.717, 1.165) is 0 Å². The van der Waals surface area contributed by atoms with E-state index in [1.807, 2.05) is 0 Å². The highest BCUT2D eigenvalue weighted by Crippen LogP contribution is 2.46. The Morgan fingerprint density at radius 2 is 1.65 bits per heavy atom. The molecule has 0 amide bonds. The normalized spacial score (nSPS) is 12.3. The Hall–Kier alpha value is -2.66. The predicted molar refractivity (Wildman–Crippen MR) is 69.3 cm³/mol. The summed E-state index contributed by atoms with van der Waals surface area (Å²) in [7, 11) is 0. The average molecular weight is 388 g/mol. The fourth-order valence-corrected chi connectivity index (χ4v) is 2.05. The molecule has 2 rings (SSSR count). The van der Waals surface area contributed by atoms with Crippen LogP contribution in [0, 0.1) is 17.5 Å². The van der Waals surface area contributed by atoms with E-state index in [0.29, 0.717) is 0 Å². The molecule has 0 saturated heterocycles. The largest absolute Gasteiger partial charge is 0.462 e. The molecule has 0 aliphatic heterocycles. The van der Waals surface area contributed by atoms with Gasteiger partial charge in [-0.25, -0.2) is 22.6 Å². The zero-order valence-electron chi connectivity index (χ0n) is 12.7. The number of rotatable bonds is 4. The number of hydrogen-bond acceptors (Lipinski definition) is 3. The zero-order valence-corrected chi connectivity index (χ0v) is 12.7. The van der Waals surface area contributed by atoms with Crippen molar-refractivity contribution in [1.29, 1.82) is 0 Å². The molecule has 0 spiro atoms. The lowest BCUT2D eigenvalue weighted by molar-refractivity contribution is -0.291. The van der Waals surface area contributed by atoms with E-state index < -0.39 is 57.1 Å². The summed E-state index contributed by atoms with van der Waals surface area (Å²) in [5, 5.41) is 3.05. The van der Waals surface area contributed by atoms with Crippen molar-refractivity contribution in [1.82, 2.24) is 9.78 Å². The Bertz CT molecular complexity index is 821. The van der Waals surface area contributed by atoms with Crippen molar-refractivity contribution in [3.8, 4) is 5.69 Å². The number of halogens is 8. The Morgan fingerprint density at radius 3 is 2.12 bits per heavy atom. The highest BCUT2D eigenvalue weighted by molar-refractivity contribution is 5.91. The van der Waals surface area contributed by atoms with Crippen molar-refractivity contribution in [3.05, 3.63) is 47.0 Å². The molecule has 26 heavy (non-hydrogen) atoms. The number of alkyl halides is 5. The van der Waals surface area contributed by atoms with Crippen molar-refractivity contribution in [2.75, 3.05) is 6.61 Å². The van der Waals surface area contributed by atoms with Gasteiger partial charge in [-0.2, -0.15) is 27.1 Å². The molecule has 1 aromatic carbocycles. The maximum Gasteiger partial charge on any atom is 0.459 e. The summed E-state index contributed by atoms with van der Waals surface area (Å²) in [4.78, 5) is 11.7. The summed E-state index contributed by atoms with van der Waals surface area (Å²) in [5.41, 5.74) is -5.02. The van der Waals surface area contributed by atoms with Gasteiger partial charge in [0.05, 0.1) is 12.8 Å². The first-order valence-corrected chi connectivity index (χ1v) is 6.76. The summed E-state index contributed by atoms with van der Waals surface area (Å²) < 4.78 is 111. The number of esters is 1. The molecule has 0 fully saturated rings. The molecule has 12 heteroatoms. The number of benzene rings is 1. The van der Waals surface area contributed by atoms with Gasteiger partial charge in [0.1, 0.15) is 22.8 Å². The van der Waals surface area contributed by atoms with Gasteiger partial charge in [-0.1, -0.05) is 0 Å². The third kappa shape index (κ3) is 3.22. The number of ether oxygens (including phenoxy) is 1. The highest BCUT2D eigenvalue weighted by Gasteiger charge is 2.62. The number of hydrogen-bond donors (Lipinski definition) is 0. The van der Waals surface area contributed by atoms with Gasteiger partial charge in [-0.15, -0.1) is 0 Å². The number of nitrogens with zero attached hydrogens (tertiary/aromatic N) is 2. The second-order valence-corrected chi connectivity index (χ2v) is 4.83. The molecule has 142 valence electrons. The van der Waals surface area contributed by atoms with E-state index >= 15 is 0 Å². The summed E-state index contributed by atoms with van der Waals surface area (Å²) in [6, 6.07) is 0.110. The molecule has 0 unspecified atom stereocenters. The number of aromatic nitrogens is 2. The minimum Gasteiger partial charge on any atom is -0.462 e. The predicted octanol–water partition coefficient (Wildman–Crippen LogP) is 4.12. The Morgan fingerprint density at radius 1 is 1.12 bits per heavy atom. The fourth-order valence-electron chi connectivity index (χ4n) is 2.05. The molecule has 0 aliphatic carbocycles. The second kappa shape index (κ2) is 6.57. The van der Waals surface area contributed by atoms with E-state index in [4.69, 9.17) is 0 Å². The SMILES string of the molecule is CCOC(=O)c1cnn(-c2c(F)cc(F)cc2F)c1C(F)(F)C(F)(F)F. The van der Waals surface area contributed by atoms with E-state index in [2.05, 4.69) is 9.84 Å². The van der Waals surface area contributed by atoms with Gasteiger partial charge in [0.2, 0.25) is 0 Å². The third-order valence-corrected chi connectivity index (χ3v) is 3.11. The summed E-state index contributed by atoms with van der Waals surface area (Å²) in [6.07, 6.45) is -5.98. The van der Waals surface area contributed by atoms with Crippen LogP contribution in [0.25, 0.3) is 5.69 Å². The maximum absolute atomic E-state index is 13.9. The Kier molecular flexibility index (Phi) is 4.97. The van der Waals surface area contributed by atoms with Crippen LogP contribution in [0.15, 0.2) is 18.3 Å². The molecule has 4 nitrogen and oxygen atoms in total. The third-order valence-electron chi connectivity index (χ3n) is 3.11. The van der Waals surface area contributed by atoms with Gasteiger partial charge >= 0.3 is 18.1 Å². The van der Waals surface area contributed by atoms with Crippen LogP contribution in [0.1, 0.15) is 23.0 Å². The minimum absolute atomic E-state index is 0.0552. The van der Waals surface area contributed by atoms with Crippen molar-refractivity contribution >= 4 is 5.97 Å². The first kappa shape index (κ1) is 19.7. The molecule has 0 radical (unpaired) electrons. The molecular formula is C14H8F8N2O2. The molecule has 2 aromatic rings. The van der Waals surface area contributed by atoms with Gasteiger partial charge in [0, 0.05) is 12.1 Å². The van der Waals surface area contributed by atoms with Crippen LogP contribution >= 0.6 is 0 Å². The highest BCUT2D eigenvalue weighted by atomic mass is 19.4. The molecule has 0 atom stereocenters. The molecule has 1 heterocycles. The lowest BCUT2D eigenvalue weighted by Gasteiger charge is -2.22. The molecular weight excluding hydrogens is 380 g/mol. The zero-order chi connectivity index (χ0) is 19.9. The van der Waals surface area contributed by atoms with E-state index in [1.54, 1.807) is 0 Å². The smallest absolute Gasteiger partial charge is 0.459 e. The van der Waals surface area contributed by atoms with Crippen molar-refractivity contribution < 1.29 is 44.7 Å². The Balaban J connectivity index is 2.83. The van der Waals surface area contributed by atoms with E-state index in [-0.39, 0.29) is 24.9 Å². The van der Waals surface area contributed by atoms with Crippen LogP contribution in [0.5, 0.6) is 0 Å². The minimum atomic E-state index is -6.22. The van der Waals surface area contributed by atoms with Gasteiger partial charge in [-0.05, 0) is 6.92 Å². The summed E-state index contributed by atoms with van der Waals surface area (Å²) in [5.74, 6) is -12.4. The van der Waals surface area contributed by atoms with Crippen LogP contribution in [-0.2, 0) is 10.7 Å². The standard InChI is InChI=1S/C14H8F8N2O2/c1-2-26-12(25)7-5-23-24(11(7)13(18,19)14(20,21)22)10-8(16)3-6(15)4-9(10)17/h3-5H,2H2,1H3. The van der Waals surface area contributed by atoms with Crippen molar-refractivity contribution in [3.63, 3.8) is 0 Å². The monoisotopic (exact) mass is 388 g/mol. The molecule has 0 saturated carbocycles. The molecule has 0 bridgehead atoms. The van der Waals surface area contributed by atoms with Gasteiger partial charge < -0.3 is 4.74 Å². The van der Waals surface area contributed by atoms with Crippen LogP contribution in [0.2, 0.25) is 0 Å². The van der Waals surface area contributed by atoms with E-state index in [1.165, 1.54) is 6.92 Å². The Labute approximate surface area is 140 Å². The van der Waals surface area contributed by atoms with Crippen molar-refractivity contribution in [2.24, 2.45) is 0 Å². The lowest BCUT2D eigenvalue weighted by atomic mass is 10.1. The van der Waals surface area contributed by atoms with Crippen LogP contribution < -0.4 is 0 Å². The molecule has 1 aromatic heterocycles. The van der Waals surface area contributed by atoms with Crippen molar-refractivity contribution in [2.45, 2.75) is 19.0 Å². The number of carbonyl (C=O) groups is 1. The van der Waals surface area contributed by atoms with Crippen LogP contribution in [0.3, 0.4) is 0 Å². The fraction of sp³-hybridized carbons (Fsp3) is 0.286. The first-order chi connectivity index (χ1) is 11.9. The summed E-state index contributed by atoms with van der Waals surface area (Å²) >= 11 is 0. The van der Waals surface area contributed by atoms with Gasteiger partial charge in [-0.3, -0.25) is 0 Å². The van der Waals surface area contributed by atoms with Crippen LogP contribution in [-0.4, -0.2) is 28.5 Å². The first-order valence-electron chi connectivity index (χ1n) is 6.76. The lowest BCUT2D eigenvalue weighted by Crippen LogP contribution is -2.37. The number of carbonyl (C=O) groups excluding carboxylic acids is 1. The van der Waals surface area contributed by atoms with E-state index in [9.17, 15) is 39.9 Å². The van der Waals surface area contributed by atoms with Gasteiger partial charge in [0.15, 0.2) is 11.6 Å².